The zero-order chi connectivity index (χ0) is 14.0. The second-order valence-electron chi connectivity index (χ2n) is 4.71. The first-order valence-corrected chi connectivity index (χ1v) is 6.12. The summed E-state index contributed by atoms with van der Waals surface area (Å²) in [5, 5.41) is 12.2. The average Bonchev–Trinajstić information content (AvgIpc) is 2.79. The van der Waals surface area contributed by atoms with Gasteiger partial charge in [0.15, 0.2) is 0 Å². The van der Waals surface area contributed by atoms with Gasteiger partial charge in [-0.25, -0.2) is 0 Å². The number of likely N-dealkylation sites (tertiary alicyclic amines) is 1. The van der Waals surface area contributed by atoms with Gasteiger partial charge in [-0.15, -0.1) is 0 Å². The summed E-state index contributed by atoms with van der Waals surface area (Å²) < 4.78 is 0. The summed E-state index contributed by atoms with van der Waals surface area (Å²) in [6.45, 7) is 2.49. The predicted octanol–water partition coefficient (Wildman–Crippen LogP) is 0.325. The van der Waals surface area contributed by atoms with Crippen molar-refractivity contribution in [2.24, 2.45) is 0 Å². The van der Waals surface area contributed by atoms with E-state index in [1.807, 2.05) is 0 Å². The van der Waals surface area contributed by atoms with Crippen molar-refractivity contribution in [3.8, 4) is 5.75 Å². The number of phenols is 1. The number of carbonyl (C=O) groups is 2. The Balaban J connectivity index is 2.09. The molecular weight excluding hydrogens is 246 g/mol. The van der Waals surface area contributed by atoms with E-state index in [0.29, 0.717) is 24.3 Å². The molecule has 1 aromatic rings. The van der Waals surface area contributed by atoms with Crippen molar-refractivity contribution in [2.45, 2.75) is 19.4 Å². The average molecular weight is 263 g/mol. The summed E-state index contributed by atoms with van der Waals surface area (Å²) in [7, 11) is 0. The molecule has 0 bridgehead atoms. The van der Waals surface area contributed by atoms with Crippen LogP contribution in [0.5, 0.6) is 5.75 Å². The molecule has 2 amide bonds. The van der Waals surface area contributed by atoms with E-state index in [2.05, 4.69) is 5.32 Å². The van der Waals surface area contributed by atoms with Gasteiger partial charge >= 0.3 is 0 Å². The number of phenolic OH excluding ortho intramolecular Hbond substituents is 1. The predicted molar refractivity (Wildman–Crippen MR) is 70.6 cm³/mol. The van der Waals surface area contributed by atoms with E-state index in [9.17, 15) is 14.7 Å². The van der Waals surface area contributed by atoms with Crippen molar-refractivity contribution in [1.82, 2.24) is 10.2 Å². The van der Waals surface area contributed by atoms with E-state index in [4.69, 9.17) is 5.73 Å². The van der Waals surface area contributed by atoms with Crippen molar-refractivity contribution in [2.75, 3.05) is 18.8 Å². The van der Waals surface area contributed by atoms with Gasteiger partial charge in [0.05, 0.1) is 5.56 Å². The highest BCUT2D eigenvalue weighted by Crippen LogP contribution is 2.22. The van der Waals surface area contributed by atoms with Crippen molar-refractivity contribution in [3.05, 3.63) is 23.8 Å². The van der Waals surface area contributed by atoms with Crippen LogP contribution in [-0.4, -0.2) is 41.0 Å². The van der Waals surface area contributed by atoms with E-state index in [1.54, 1.807) is 4.90 Å². The first kappa shape index (κ1) is 13.2. The summed E-state index contributed by atoms with van der Waals surface area (Å²) in [6.07, 6.45) is 0.726. The molecule has 1 saturated heterocycles. The smallest absolute Gasteiger partial charge is 0.256 e. The number of nitrogens with one attached hydrogen (secondary N) is 1. The lowest BCUT2D eigenvalue weighted by Gasteiger charge is -2.18. The van der Waals surface area contributed by atoms with Crippen LogP contribution in [0.25, 0.3) is 0 Å². The van der Waals surface area contributed by atoms with Crippen molar-refractivity contribution >= 4 is 17.5 Å². The Morgan fingerprint density at radius 1 is 1.47 bits per heavy atom. The van der Waals surface area contributed by atoms with E-state index >= 15 is 0 Å². The van der Waals surface area contributed by atoms with E-state index in [-0.39, 0.29) is 23.6 Å². The molecule has 1 heterocycles. The normalized spacial score (nSPS) is 18.4. The Kier molecular flexibility index (Phi) is 3.59. The Labute approximate surface area is 111 Å². The minimum atomic E-state index is -0.221. The molecule has 2 rings (SSSR count). The third-order valence-electron chi connectivity index (χ3n) is 3.15. The number of hydrogen-bond acceptors (Lipinski definition) is 4. The van der Waals surface area contributed by atoms with E-state index in [0.717, 1.165) is 6.42 Å². The molecule has 0 radical (unpaired) electrons. The summed E-state index contributed by atoms with van der Waals surface area (Å²) in [4.78, 5) is 24.9. The molecule has 19 heavy (non-hydrogen) atoms. The van der Waals surface area contributed by atoms with Crippen molar-refractivity contribution < 1.29 is 14.7 Å². The second-order valence-corrected chi connectivity index (χ2v) is 4.71. The Morgan fingerprint density at radius 3 is 2.89 bits per heavy atom. The first-order valence-electron chi connectivity index (χ1n) is 6.12. The number of benzene rings is 1. The summed E-state index contributed by atoms with van der Waals surface area (Å²) in [5.41, 5.74) is 6.38. The summed E-state index contributed by atoms with van der Waals surface area (Å²) in [6, 6.07) is 4.30. The fraction of sp³-hybridized carbons (Fsp3) is 0.385. The highest BCUT2D eigenvalue weighted by atomic mass is 16.3. The van der Waals surface area contributed by atoms with Crippen LogP contribution in [0.1, 0.15) is 23.7 Å². The maximum atomic E-state index is 12.3. The minimum Gasteiger partial charge on any atom is -0.508 e. The van der Waals surface area contributed by atoms with Gasteiger partial charge in [-0.1, -0.05) is 0 Å². The van der Waals surface area contributed by atoms with Gasteiger partial charge in [0.2, 0.25) is 5.91 Å². The van der Waals surface area contributed by atoms with Crippen LogP contribution in [0.2, 0.25) is 0 Å². The maximum absolute atomic E-state index is 12.3. The van der Waals surface area contributed by atoms with Gasteiger partial charge in [-0.2, -0.15) is 0 Å². The molecule has 102 valence electrons. The monoisotopic (exact) mass is 263 g/mol. The molecule has 6 heteroatoms. The molecule has 1 fully saturated rings. The fourth-order valence-corrected chi connectivity index (χ4v) is 2.25. The molecule has 4 N–H and O–H groups in total. The van der Waals surface area contributed by atoms with Crippen LogP contribution >= 0.6 is 0 Å². The molecular formula is C13H17N3O3. The van der Waals surface area contributed by atoms with Gasteiger partial charge in [-0.3, -0.25) is 9.59 Å². The molecule has 1 atom stereocenters. The number of amides is 2. The lowest BCUT2D eigenvalue weighted by Crippen LogP contribution is -2.37. The quantitative estimate of drug-likeness (QED) is 0.529. The van der Waals surface area contributed by atoms with Gasteiger partial charge in [0.1, 0.15) is 5.75 Å². The third-order valence-corrected chi connectivity index (χ3v) is 3.15. The zero-order valence-corrected chi connectivity index (χ0v) is 10.7. The van der Waals surface area contributed by atoms with Gasteiger partial charge in [0, 0.05) is 31.7 Å². The number of nitrogens with zero attached hydrogens (tertiary/aromatic N) is 1. The zero-order valence-electron chi connectivity index (χ0n) is 10.7. The van der Waals surface area contributed by atoms with Crippen LogP contribution in [0.4, 0.5) is 5.69 Å². The molecule has 0 saturated carbocycles. The fourth-order valence-electron chi connectivity index (χ4n) is 2.25. The molecule has 1 aliphatic rings. The lowest BCUT2D eigenvalue weighted by atomic mass is 10.1. The van der Waals surface area contributed by atoms with Crippen LogP contribution < -0.4 is 11.1 Å². The van der Waals surface area contributed by atoms with E-state index in [1.165, 1.54) is 25.1 Å². The summed E-state index contributed by atoms with van der Waals surface area (Å²) >= 11 is 0. The number of aromatic hydroxyl groups is 1. The SMILES string of the molecule is CC(=O)NC1CCN(C(=O)c2cc(O)ccc2N)C1. The molecule has 0 spiro atoms. The van der Waals surface area contributed by atoms with Crippen LogP contribution in [0.15, 0.2) is 18.2 Å². The van der Waals surface area contributed by atoms with Crippen LogP contribution in [0, 0.1) is 0 Å². The molecule has 1 aromatic carbocycles. The number of anilines is 1. The molecule has 0 aliphatic carbocycles. The highest BCUT2D eigenvalue weighted by Gasteiger charge is 2.28. The van der Waals surface area contributed by atoms with Gasteiger partial charge < -0.3 is 21.1 Å². The summed E-state index contributed by atoms with van der Waals surface area (Å²) in [5.74, 6) is -0.312. The number of nitrogen functional groups attached to an aromatic ring is 1. The van der Waals surface area contributed by atoms with Crippen molar-refractivity contribution in [1.29, 1.82) is 0 Å². The molecule has 1 unspecified atom stereocenters. The third kappa shape index (κ3) is 2.96. The standard InChI is InChI=1S/C13H17N3O3/c1-8(17)15-9-4-5-16(7-9)13(19)11-6-10(18)2-3-12(11)14/h2-3,6,9,18H,4-5,7,14H2,1H3,(H,15,17). The van der Waals surface area contributed by atoms with Gasteiger partial charge in [0.25, 0.3) is 5.91 Å². The molecule has 6 nitrogen and oxygen atoms in total. The minimum absolute atomic E-state index is 0.00941. The molecule has 0 aromatic heterocycles. The first-order chi connectivity index (χ1) is 8.97. The topological polar surface area (TPSA) is 95.7 Å². The molecule has 1 aliphatic heterocycles. The van der Waals surface area contributed by atoms with E-state index < -0.39 is 0 Å². The second kappa shape index (κ2) is 5.17. The number of nitrogens with two attached hydrogens (primary N) is 1. The Bertz CT molecular complexity index is 516. The Morgan fingerprint density at radius 2 is 2.21 bits per heavy atom. The van der Waals surface area contributed by atoms with Crippen LogP contribution in [0.3, 0.4) is 0 Å². The highest BCUT2D eigenvalue weighted by molar-refractivity contribution is 5.99. The number of rotatable bonds is 2. The largest absolute Gasteiger partial charge is 0.508 e. The number of hydrogen-bond donors (Lipinski definition) is 3. The lowest BCUT2D eigenvalue weighted by molar-refractivity contribution is -0.119. The van der Waals surface area contributed by atoms with Gasteiger partial charge in [-0.05, 0) is 24.6 Å². The van der Waals surface area contributed by atoms with Crippen molar-refractivity contribution in [3.63, 3.8) is 0 Å². The maximum Gasteiger partial charge on any atom is 0.256 e. The van der Waals surface area contributed by atoms with Crippen LogP contribution in [-0.2, 0) is 4.79 Å². The Hall–Kier alpha value is -2.24. The number of carbonyl (C=O) groups excluding carboxylic acids is 2.